The average Bonchev–Trinajstić information content (AvgIpc) is 2.17. The van der Waals surface area contributed by atoms with E-state index in [1.54, 1.807) is 13.0 Å². The van der Waals surface area contributed by atoms with Crippen molar-refractivity contribution in [1.82, 2.24) is 0 Å². The van der Waals surface area contributed by atoms with Crippen LogP contribution in [0.4, 0.5) is 0 Å². The third-order valence-electron chi connectivity index (χ3n) is 1.91. The third kappa shape index (κ3) is 3.59. The molecule has 13 heavy (non-hydrogen) atoms. The van der Waals surface area contributed by atoms with Gasteiger partial charge >= 0.3 is 0 Å². The molecule has 0 aliphatic carbocycles. The quantitative estimate of drug-likeness (QED) is 0.732. The Morgan fingerprint density at radius 3 is 2.77 bits per heavy atom. The van der Waals surface area contributed by atoms with Gasteiger partial charge in [-0.25, -0.2) is 8.42 Å². The summed E-state index contributed by atoms with van der Waals surface area (Å²) < 4.78 is 22.3. The number of hydrogen-bond donors (Lipinski definition) is 0. The molecule has 0 unspecified atom stereocenters. The molecule has 0 fully saturated rings. The van der Waals surface area contributed by atoms with Crippen molar-refractivity contribution in [2.75, 3.05) is 11.5 Å². The fourth-order valence-electron chi connectivity index (χ4n) is 1.00. The molecule has 1 rings (SSSR count). The second kappa shape index (κ2) is 4.42. The molecule has 71 valence electrons. The SMILES string of the molecule is CCS(=O)(=O)CCc1c[c]ccc1. The number of aryl methyl sites for hydroxylation is 1. The van der Waals surface area contributed by atoms with Gasteiger partial charge in [-0.05, 0) is 18.1 Å². The smallest absolute Gasteiger partial charge is 0.150 e. The van der Waals surface area contributed by atoms with Crippen molar-refractivity contribution in [3.8, 4) is 0 Å². The van der Waals surface area contributed by atoms with Gasteiger partial charge in [0, 0.05) is 5.75 Å². The van der Waals surface area contributed by atoms with Crippen LogP contribution in [0.3, 0.4) is 0 Å². The van der Waals surface area contributed by atoms with E-state index in [-0.39, 0.29) is 11.5 Å². The van der Waals surface area contributed by atoms with Crippen molar-refractivity contribution in [3.63, 3.8) is 0 Å². The standard InChI is InChI=1S/C10H13O2S/c1-2-13(11,12)9-8-10-6-4-3-5-7-10/h3-4,6-7H,2,8-9H2,1H3. The Hall–Kier alpha value is -0.830. The summed E-state index contributed by atoms with van der Waals surface area (Å²) in [5, 5.41) is 0. The van der Waals surface area contributed by atoms with E-state index in [1.165, 1.54) is 0 Å². The lowest BCUT2D eigenvalue weighted by Crippen LogP contribution is -2.10. The molecule has 0 aliphatic rings. The van der Waals surface area contributed by atoms with E-state index in [0.717, 1.165) is 5.56 Å². The molecular formula is C10H13O2S. The van der Waals surface area contributed by atoms with E-state index >= 15 is 0 Å². The largest absolute Gasteiger partial charge is 0.229 e. The van der Waals surface area contributed by atoms with Crippen LogP contribution in [0.25, 0.3) is 0 Å². The maximum atomic E-state index is 11.2. The van der Waals surface area contributed by atoms with E-state index in [0.29, 0.717) is 6.42 Å². The van der Waals surface area contributed by atoms with Crippen molar-refractivity contribution in [2.24, 2.45) is 0 Å². The van der Waals surface area contributed by atoms with Crippen molar-refractivity contribution in [1.29, 1.82) is 0 Å². The summed E-state index contributed by atoms with van der Waals surface area (Å²) in [5.74, 6) is 0.463. The van der Waals surface area contributed by atoms with E-state index in [9.17, 15) is 8.42 Å². The molecular weight excluding hydrogens is 184 g/mol. The summed E-state index contributed by atoms with van der Waals surface area (Å²) in [7, 11) is -2.83. The Labute approximate surface area is 79.5 Å². The highest BCUT2D eigenvalue weighted by Gasteiger charge is 2.06. The minimum absolute atomic E-state index is 0.226. The Morgan fingerprint density at radius 2 is 2.23 bits per heavy atom. The third-order valence-corrected chi connectivity index (χ3v) is 3.62. The predicted molar refractivity (Wildman–Crippen MR) is 53.3 cm³/mol. The molecule has 0 heterocycles. The highest BCUT2D eigenvalue weighted by Crippen LogP contribution is 2.01. The molecule has 0 aliphatic heterocycles. The molecule has 0 amide bonds. The van der Waals surface area contributed by atoms with Gasteiger partial charge in [-0.2, -0.15) is 0 Å². The first-order chi connectivity index (χ1) is 6.14. The van der Waals surface area contributed by atoms with Crippen LogP contribution in [0.1, 0.15) is 12.5 Å². The van der Waals surface area contributed by atoms with Crippen LogP contribution in [0.2, 0.25) is 0 Å². The van der Waals surface area contributed by atoms with E-state index < -0.39 is 9.84 Å². The first-order valence-electron chi connectivity index (χ1n) is 4.29. The van der Waals surface area contributed by atoms with Gasteiger partial charge in [0.25, 0.3) is 0 Å². The molecule has 0 atom stereocenters. The lowest BCUT2D eigenvalue weighted by molar-refractivity contribution is 0.596. The second-order valence-corrected chi connectivity index (χ2v) is 5.37. The molecule has 0 spiro atoms. The van der Waals surface area contributed by atoms with Gasteiger partial charge in [-0.15, -0.1) is 0 Å². The van der Waals surface area contributed by atoms with E-state index in [2.05, 4.69) is 6.07 Å². The monoisotopic (exact) mass is 197 g/mol. The summed E-state index contributed by atoms with van der Waals surface area (Å²) in [6, 6.07) is 10.3. The van der Waals surface area contributed by atoms with Gasteiger partial charge in [-0.1, -0.05) is 31.2 Å². The normalized spacial score (nSPS) is 11.5. The maximum absolute atomic E-state index is 11.2. The predicted octanol–water partition coefficient (Wildman–Crippen LogP) is 1.46. The molecule has 3 heteroatoms. The Balaban J connectivity index is 2.54. The average molecular weight is 197 g/mol. The van der Waals surface area contributed by atoms with Crippen molar-refractivity contribution in [3.05, 3.63) is 35.9 Å². The zero-order chi connectivity index (χ0) is 9.73. The highest BCUT2D eigenvalue weighted by atomic mass is 32.2. The van der Waals surface area contributed by atoms with Crippen LogP contribution >= 0.6 is 0 Å². The van der Waals surface area contributed by atoms with Gasteiger partial charge in [0.15, 0.2) is 0 Å². The molecule has 0 N–H and O–H groups in total. The molecule has 0 saturated heterocycles. The number of benzene rings is 1. The van der Waals surface area contributed by atoms with Crippen molar-refractivity contribution >= 4 is 9.84 Å². The Bertz CT molecular complexity index is 340. The summed E-state index contributed by atoms with van der Waals surface area (Å²) >= 11 is 0. The van der Waals surface area contributed by atoms with Crippen LogP contribution < -0.4 is 0 Å². The van der Waals surface area contributed by atoms with Gasteiger partial charge in [-0.3, -0.25) is 0 Å². The van der Waals surface area contributed by atoms with Crippen LogP contribution in [-0.2, 0) is 16.3 Å². The summed E-state index contributed by atoms with van der Waals surface area (Å²) in [6.07, 6.45) is 0.591. The fraction of sp³-hybridized carbons (Fsp3) is 0.400. The number of sulfone groups is 1. The molecule has 0 saturated carbocycles. The topological polar surface area (TPSA) is 34.1 Å². The second-order valence-electron chi connectivity index (χ2n) is 2.90. The number of hydrogen-bond acceptors (Lipinski definition) is 2. The van der Waals surface area contributed by atoms with E-state index in [4.69, 9.17) is 0 Å². The lowest BCUT2D eigenvalue weighted by atomic mass is 10.2. The summed E-state index contributed by atoms with van der Waals surface area (Å²) in [4.78, 5) is 0. The molecule has 0 aromatic heterocycles. The molecule has 0 bridgehead atoms. The number of rotatable bonds is 4. The molecule has 1 radical (unpaired) electrons. The molecule has 1 aromatic carbocycles. The fourth-order valence-corrected chi connectivity index (χ4v) is 1.84. The van der Waals surface area contributed by atoms with Gasteiger partial charge in [0.1, 0.15) is 9.84 Å². The zero-order valence-corrected chi connectivity index (χ0v) is 8.47. The zero-order valence-electron chi connectivity index (χ0n) is 7.66. The van der Waals surface area contributed by atoms with Gasteiger partial charge < -0.3 is 0 Å². The van der Waals surface area contributed by atoms with Gasteiger partial charge in [0.05, 0.1) is 5.75 Å². The van der Waals surface area contributed by atoms with Crippen molar-refractivity contribution in [2.45, 2.75) is 13.3 Å². The van der Waals surface area contributed by atoms with Crippen LogP contribution in [0, 0.1) is 6.07 Å². The first kappa shape index (κ1) is 10.3. The summed E-state index contributed by atoms with van der Waals surface area (Å²) in [6.45, 7) is 1.67. The first-order valence-corrected chi connectivity index (χ1v) is 6.11. The Kier molecular flexibility index (Phi) is 3.48. The lowest BCUT2D eigenvalue weighted by Gasteiger charge is -2.00. The molecule has 2 nitrogen and oxygen atoms in total. The highest BCUT2D eigenvalue weighted by molar-refractivity contribution is 7.91. The summed E-state index contributed by atoms with van der Waals surface area (Å²) in [5.41, 5.74) is 1.03. The minimum Gasteiger partial charge on any atom is -0.229 e. The Morgan fingerprint density at radius 1 is 1.46 bits per heavy atom. The van der Waals surface area contributed by atoms with Crippen LogP contribution in [-0.4, -0.2) is 19.9 Å². The van der Waals surface area contributed by atoms with Crippen molar-refractivity contribution < 1.29 is 8.42 Å². The van der Waals surface area contributed by atoms with E-state index in [1.807, 2.05) is 18.2 Å². The van der Waals surface area contributed by atoms with Gasteiger partial charge in [0.2, 0.25) is 0 Å². The van der Waals surface area contributed by atoms with Crippen LogP contribution in [0.15, 0.2) is 24.3 Å². The maximum Gasteiger partial charge on any atom is 0.150 e. The van der Waals surface area contributed by atoms with Crippen LogP contribution in [0.5, 0.6) is 0 Å². The minimum atomic E-state index is -2.83. The molecule has 1 aromatic rings.